The van der Waals surface area contributed by atoms with Crippen LogP contribution in [0.5, 0.6) is 0 Å². The van der Waals surface area contributed by atoms with Crippen molar-refractivity contribution in [1.82, 2.24) is 4.90 Å². The van der Waals surface area contributed by atoms with Crippen molar-refractivity contribution in [3.05, 3.63) is 65.2 Å². The number of rotatable bonds is 2. The van der Waals surface area contributed by atoms with Crippen LogP contribution in [0.2, 0.25) is 0 Å². The minimum Gasteiger partial charge on any atom is -0.323 e. The molecular formula is C17H15N3O. The summed E-state index contributed by atoms with van der Waals surface area (Å²) in [5.41, 5.74) is 3.64. The van der Waals surface area contributed by atoms with E-state index in [1.54, 1.807) is 22.9 Å². The maximum atomic E-state index is 12.4. The van der Waals surface area contributed by atoms with Gasteiger partial charge in [-0.3, -0.25) is 4.90 Å². The maximum Gasteiger partial charge on any atom is 0.324 e. The largest absolute Gasteiger partial charge is 0.324 e. The highest BCUT2D eigenvalue weighted by Crippen LogP contribution is 2.29. The summed E-state index contributed by atoms with van der Waals surface area (Å²) in [5.74, 6) is 0. The van der Waals surface area contributed by atoms with Crippen molar-refractivity contribution in [2.75, 3.05) is 11.9 Å². The molecule has 0 atom stereocenters. The fourth-order valence-corrected chi connectivity index (χ4v) is 2.61. The van der Waals surface area contributed by atoms with Gasteiger partial charge in [0.2, 0.25) is 0 Å². The molecule has 1 aliphatic heterocycles. The number of carbonyl (C=O) groups is 1. The minimum absolute atomic E-state index is 0.0175. The minimum atomic E-state index is -0.0175. The van der Waals surface area contributed by atoms with Crippen LogP contribution in [0, 0.1) is 11.3 Å². The van der Waals surface area contributed by atoms with Crippen LogP contribution in [0.4, 0.5) is 10.5 Å². The van der Waals surface area contributed by atoms with Crippen molar-refractivity contribution in [3.8, 4) is 6.07 Å². The SMILES string of the molecule is CN1Cc2ccccc2N(Cc2cccc(C#N)c2)C1=O. The predicted molar refractivity (Wildman–Crippen MR) is 80.6 cm³/mol. The number of carbonyl (C=O) groups excluding carboxylic acids is 1. The molecule has 0 unspecified atom stereocenters. The van der Waals surface area contributed by atoms with E-state index in [0.29, 0.717) is 18.7 Å². The van der Waals surface area contributed by atoms with E-state index in [1.807, 2.05) is 42.5 Å². The van der Waals surface area contributed by atoms with E-state index in [-0.39, 0.29) is 6.03 Å². The zero-order valence-corrected chi connectivity index (χ0v) is 11.8. The molecule has 4 heteroatoms. The molecule has 0 fully saturated rings. The summed E-state index contributed by atoms with van der Waals surface area (Å²) in [4.78, 5) is 15.9. The second-order valence-electron chi connectivity index (χ2n) is 5.17. The van der Waals surface area contributed by atoms with Crippen LogP contribution in [0.25, 0.3) is 0 Å². The highest BCUT2D eigenvalue weighted by Gasteiger charge is 2.27. The van der Waals surface area contributed by atoms with Gasteiger partial charge >= 0.3 is 6.03 Å². The quantitative estimate of drug-likeness (QED) is 0.846. The standard InChI is InChI=1S/C17H15N3O/c1-19-12-15-7-2-3-8-16(15)20(17(19)21)11-14-6-4-5-13(9-14)10-18/h2-9H,11-12H2,1H3. The van der Waals surface area contributed by atoms with Crippen molar-refractivity contribution in [2.45, 2.75) is 13.1 Å². The first-order chi connectivity index (χ1) is 10.2. The van der Waals surface area contributed by atoms with Crippen LogP contribution in [0.15, 0.2) is 48.5 Å². The van der Waals surface area contributed by atoms with Gasteiger partial charge in [-0.05, 0) is 29.3 Å². The number of anilines is 1. The van der Waals surface area contributed by atoms with Gasteiger partial charge in [-0.15, -0.1) is 0 Å². The first kappa shape index (κ1) is 13.2. The maximum absolute atomic E-state index is 12.4. The van der Waals surface area contributed by atoms with Gasteiger partial charge in [0, 0.05) is 13.6 Å². The summed E-state index contributed by atoms with van der Waals surface area (Å²) in [6, 6.07) is 17.4. The van der Waals surface area contributed by atoms with Gasteiger partial charge in [-0.2, -0.15) is 5.26 Å². The van der Waals surface area contributed by atoms with E-state index >= 15 is 0 Å². The molecule has 0 saturated carbocycles. The molecule has 2 aromatic rings. The lowest BCUT2D eigenvalue weighted by Crippen LogP contribution is -2.44. The van der Waals surface area contributed by atoms with Gasteiger partial charge in [0.25, 0.3) is 0 Å². The molecule has 3 rings (SSSR count). The molecule has 21 heavy (non-hydrogen) atoms. The van der Waals surface area contributed by atoms with Crippen LogP contribution in [-0.2, 0) is 13.1 Å². The molecule has 0 radical (unpaired) electrons. The van der Waals surface area contributed by atoms with E-state index in [0.717, 1.165) is 16.8 Å². The number of nitriles is 1. The Kier molecular flexibility index (Phi) is 3.33. The average molecular weight is 277 g/mol. The van der Waals surface area contributed by atoms with E-state index in [9.17, 15) is 4.79 Å². The Bertz CT molecular complexity index is 733. The van der Waals surface area contributed by atoms with Crippen LogP contribution in [0.1, 0.15) is 16.7 Å². The summed E-state index contributed by atoms with van der Waals surface area (Å²) in [6.07, 6.45) is 0. The summed E-state index contributed by atoms with van der Waals surface area (Å²) >= 11 is 0. The van der Waals surface area contributed by atoms with Crippen molar-refractivity contribution >= 4 is 11.7 Å². The molecule has 0 aliphatic carbocycles. The normalized spacial score (nSPS) is 13.8. The molecule has 0 saturated heterocycles. The predicted octanol–water partition coefficient (Wildman–Crippen LogP) is 3.13. The monoisotopic (exact) mass is 277 g/mol. The number of nitrogens with zero attached hydrogens (tertiary/aromatic N) is 3. The Morgan fingerprint density at radius 3 is 2.81 bits per heavy atom. The molecule has 1 aliphatic rings. The number of benzene rings is 2. The highest BCUT2D eigenvalue weighted by atomic mass is 16.2. The first-order valence-corrected chi connectivity index (χ1v) is 6.78. The van der Waals surface area contributed by atoms with Gasteiger partial charge < -0.3 is 4.90 Å². The number of amides is 2. The molecule has 2 amide bonds. The zero-order chi connectivity index (χ0) is 14.8. The van der Waals surface area contributed by atoms with Gasteiger partial charge in [0.1, 0.15) is 0 Å². The molecule has 0 bridgehead atoms. The lowest BCUT2D eigenvalue weighted by Gasteiger charge is -2.35. The Labute approximate surface area is 123 Å². The number of para-hydroxylation sites is 1. The summed E-state index contributed by atoms with van der Waals surface area (Å²) < 4.78 is 0. The molecule has 1 heterocycles. The Morgan fingerprint density at radius 1 is 1.19 bits per heavy atom. The first-order valence-electron chi connectivity index (χ1n) is 6.78. The summed E-state index contributed by atoms with van der Waals surface area (Å²) in [5, 5.41) is 8.98. The van der Waals surface area contributed by atoms with E-state index in [2.05, 4.69) is 6.07 Å². The van der Waals surface area contributed by atoms with Crippen LogP contribution < -0.4 is 4.90 Å². The van der Waals surface area contributed by atoms with E-state index in [1.165, 1.54) is 0 Å². The van der Waals surface area contributed by atoms with Gasteiger partial charge in [-0.1, -0.05) is 30.3 Å². The smallest absolute Gasteiger partial charge is 0.323 e. The Balaban J connectivity index is 1.97. The van der Waals surface area contributed by atoms with E-state index in [4.69, 9.17) is 5.26 Å². The number of hydrogen-bond acceptors (Lipinski definition) is 2. The molecule has 2 aromatic carbocycles. The second-order valence-corrected chi connectivity index (χ2v) is 5.17. The van der Waals surface area contributed by atoms with Crippen LogP contribution >= 0.6 is 0 Å². The van der Waals surface area contributed by atoms with Gasteiger partial charge in [0.15, 0.2) is 0 Å². The lowest BCUT2D eigenvalue weighted by molar-refractivity contribution is 0.210. The Hall–Kier alpha value is -2.80. The van der Waals surface area contributed by atoms with Gasteiger partial charge in [-0.25, -0.2) is 4.79 Å². The lowest BCUT2D eigenvalue weighted by atomic mass is 10.1. The third-order valence-electron chi connectivity index (χ3n) is 3.64. The molecular weight excluding hydrogens is 262 g/mol. The van der Waals surface area contributed by atoms with E-state index < -0.39 is 0 Å². The van der Waals surface area contributed by atoms with Crippen molar-refractivity contribution in [2.24, 2.45) is 0 Å². The molecule has 0 spiro atoms. The molecule has 4 nitrogen and oxygen atoms in total. The second kappa shape index (κ2) is 5.29. The van der Waals surface area contributed by atoms with Crippen LogP contribution in [0.3, 0.4) is 0 Å². The Morgan fingerprint density at radius 2 is 2.00 bits per heavy atom. The fourth-order valence-electron chi connectivity index (χ4n) is 2.61. The number of urea groups is 1. The summed E-state index contributed by atoms with van der Waals surface area (Å²) in [6.45, 7) is 1.10. The van der Waals surface area contributed by atoms with Crippen molar-refractivity contribution in [1.29, 1.82) is 5.26 Å². The molecule has 104 valence electrons. The van der Waals surface area contributed by atoms with Crippen molar-refractivity contribution in [3.63, 3.8) is 0 Å². The zero-order valence-electron chi connectivity index (χ0n) is 11.8. The number of fused-ring (bicyclic) bond motifs is 1. The highest BCUT2D eigenvalue weighted by molar-refractivity contribution is 5.94. The van der Waals surface area contributed by atoms with Crippen molar-refractivity contribution < 1.29 is 4.79 Å². The molecule has 0 N–H and O–H groups in total. The molecule has 0 aromatic heterocycles. The third kappa shape index (κ3) is 2.46. The number of hydrogen-bond donors (Lipinski definition) is 0. The topological polar surface area (TPSA) is 47.3 Å². The third-order valence-corrected chi connectivity index (χ3v) is 3.64. The fraction of sp³-hybridized carbons (Fsp3) is 0.176. The van der Waals surface area contributed by atoms with Gasteiger partial charge in [0.05, 0.1) is 23.9 Å². The summed E-state index contributed by atoms with van der Waals surface area (Å²) in [7, 11) is 1.80. The van der Waals surface area contributed by atoms with Crippen LogP contribution in [-0.4, -0.2) is 18.0 Å². The average Bonchev–Trinajstić information content (AvgIpc) is 2.52.